The molecule has 1 aromatic carbocycles. The summed E-state index contributed by atoms with van der Waals surface area (Å²) in [5.74, 6) is -0.236. The van der Waals surface area contributed by atoms with Gasteiger partial charge in [0, 0.05) is 32.4 Å². The Balaban J connectivity index is 2.09. The van der Waals surface area contributed by atoms with Gasteiger partial charge in [0.1, 0.15) is 5.82 Å². The molecule has 1 aliphatic heterocycles. The highest BCUT2D eigenvalue weighted by molar-refractivity contribution is 5.53. The van der Waals surface area contributed by atoms with Crippen LogP contribution in [0.1, 0.15) is 18.4 Å². The fourth-order valence-electron chi connectivity index (χ4n) is 2.28. The molecule has 1 aromatic rings. The summed E-state index contributed by atoms with van der Waals surface area (Å²) in [5.41, 5.74) is 7.47. The summed E-state index contributed by atoms with van der Waals surface area (Å²) >= 11 is 0. The number of likely N-dealkylation sites (N-methyl/N-ethyl adjacent to an activating group) is 1. The van der Waals surface area contributed by atoms with Crippen molar-refractivity contribution < 1.29 is 9.13 Å². The van der Waals surface area contributed by atoms with Crippen molar-refractivity contribution >= 4 is 5.69 Å². The molecule has 94 valence electrons. The molecule has 1 saturated heterocycles. The van der Waals surface area contributed by atoms with Crippen LogP contribution in [-0.4, -0.2) is 26.3 Å². The first-order valence-electron chi connectivity index (χ1n) is 6.02. The zero-order valence-electron chi connectivity index (χ0n) is 10.2. The SMILES string of the molecule is CN(CC1CCCO1)c1ccc(F)cc1CN. The molecule has 3 nitrogen and oxygen atoms in total. The van der Waals surface area contributed by atoms with E-state index >= 15 is 0 Å². The summed E-state index contributed by atoms with van der Waals surface area (Å²) in [6, 6.07) is 4.76. The maximum absolute atomic E-state index is 13.1. The van der Waals surface area contributed by atoms with Crippen LogP contribution >= 0.6 is 0 Å². The summed E-state index contributed by atoms with van der Waals surface area (Å²) in [7, 11) is 1.99. The number of benzene rings is 1. The zero-order valence-corrected chi connectivity index (χ0v) is 10.2. The highest BCUT2D eigenvalue weighted by atomic mass is 19.1. The van der Waals surface area contributed by atoms with Crippen molar-refractivity contribution in [3.8, 4) is 0 Å². The van der Waals surface area contributed by atoms with Crippen molar-refractivity contribution in [1.82, 2.24) is 0 Å². The Morgan fingerprint density at radius 3 is 3.00 bits per heavy atom. The molecule has 0 aliphatic carbocycles. The predicted molar refractivity (Wildman–Crippen MR) is 66.5 cm³/mol. The molecule has 1 heterocycles. The van der Waals surface area contributed by atoms with Crippen LogP contribution in [0, 0.1) is 5.82 Å². The maximum atomic E-state index is 13.1. The molecule has 1 aliphatic rings. The quantitative estimate of drug-likeness (QED) is 0.870. The Morgan fingerprint density at radius 2 is 2.35 bits per heavy atom. The number of rotatable bonds is 4. The summed E-state index contributed by atoms with van der Waals surface area (Å²) in [6.07, 6.45) is 2.52. The molecule has 0 amide bonds. The van der Waals surface area contributed by atoms with Crippen molar-refractivity contribution in [3.63, 3.8) is 0 Å². The van der Waals surface area contributed by atoms with Gasteiger partial charge in [-0.05, 0) is 36.6 Å². The van der Waals surface area contributed by atoms with E-state index in [-0.39, 0.29) is 11.9 Å². The number of hydrogen-bond acceptors (Lipinski definition) is 3. The Kier molecular flexibility index (Phi) is 3.97. The topological polar surface area (TPSA) is 38.5 Å². The Bertz CT molecular complexity index is 378. The van der Waals surface area contributed by atoms with E-state index in [9.17, 15) is 4.39 Å². The maximum Gasteiger partial charge on any atom is 0.123 e. The average molecular weight is 238 g/mol. The van der Waals surface area contributed by atoms with Crippen LogP contribution in [0.4, 0.5) is 10.1 Å². The van der Waals surface area contributed by atoms with E-state index in [1.165, 1.54) is 12.1 Å². The van der Waals surface area contributed by atoms with Crippen LogP contribution < -0.4 is 10.6 Å². The molecule has 1 atom stereocenters. The molecular formula is C13H19FN2O. The molecule has 2 N–H and O–H groups in total. The summed E-state index contributed by atoms with van der Waals surface area (Å²) in [4.78, 5) is 2.09. The van der Waals surface area contributed by atoms with Crippen molar-refractivity contribution in [2.75, 3.05) is 25.1 Å². The summed E-state index contributed by atoms with van der Waals surface area (Å²) < 4.78 is 18.7. The van der Waals surface area contributed by atoms with Crippen LogP contribution in [0.3, 0.4) is 0 Å². The molecule has 1 fully saturated rings. The molecule has 17 heavy (non-hydrogen) atoms. The van der Waals surface area contributed by atoms with Gasteiger partial charge in [0.15, 0.2) is 0 Å². The molecule has 0 aromatic heterocycles. The predicted octanol–water partition coefficient (Wildman–Crippen LogP) is 1.90. The highest BCUT2D eigenvalue weighted by Crippen LogP contribution is 2.22. The summed E-state index contributed by atoms with van der Waals surface area (Å²) in [6.45, 7) is 2.03. The monoisotopic (exact) mass is 238 g/mol. The van der Waals surface area contributed by atoms with E-state index < -0.39 is 0 Å². The van der Waals surface area contributed by atoms with Gasteiger partial charge in [0.25, 0.3) is 0 Å². The van der Waals surface area contributed by atoms with E-state index in [1.807, 2.05) is 7.05 Å². The number of nitrogens with zero attached hydrogens (tertiary/aromatic N) is 1. The Morgan fingerprint density at radius 1 is 1.53 bits per heavy atom. The van der Waals surface area contributed by atoms with Crippen LogP contribution in [0.5, 0.6) is 0 Å². The third-order valence-electron chi connectivity index (χ3n) is 3.17. The van der Waals surface area contributed by atoms with Gasteiger partial charge in [-0.1, -0.05) is 0 Å². The van der Waals surface area contributed by atoms with Gasteiger partial charge in [-0.2, -0.15) is 0 Å². The number of ether oxygens (including phenoxy) is 1. The van der Waals surface area contributed by atoms with Crippen molar-refractivity contribution in [2.24, 2.45) is 5.73 Å². The Hall–Kier alpha value is -1.13. The molecule has 0 spiro atoms. The second kappa shape index (κ2) is 5.47. The lowest BCUT2D eigenvalue weighted by molar-refractivity contribution is 0.116. The lowest BCUT2D eigenvalue weighted by Gasteiger charge is -2.25. The van der Waals surface area contributed by atoms with E-state index in [2.05, 4.69) is 4.90 Å². The third-order valence-corrected chi connectivity index (χ3v) is 3.17. The van der Waals surface area contributed by atoms with Crippen LogP contribution in [0.25, 0.3) is 0 Å². The van der Waals surface area contributed by atoms with Crippen molar-refractivity contribution in [3.05, 3.63) is 29.6 Å². The number of nitrogens with two attached hydrogens (primary N) is 1. The Labute approximate surface area is 101 Å². The molecular weight excluding hydrogens is 219 g/mol. The molecule has 2 rings (SSSR count). The zero-order chi connectivity index (χ0) is 12.3. The lowest BCUT2D eigenvalue weighted by atomic mass is 10.1. The smallest absolute Gasteiger partial charge is 0.123 e. The second-order valence-corrected chi connectivity index (χ2v) is 4.49. The number of anilines is 1. The van der Waals surface area contributed by atoms with Crippen LogP contribution in [0.2, 0.25) is 0 Å². The van der Waals surface area contributed by atoms with Gasteiger partial charge in [0.05, 0.1) is 6.10 Å². The van der Waals surface area contributed by atoms with Gasteiger partial charge in [-0.25, -0.2) is 4.39 Å². The first-order valence-corrected chi connectivity index (χ1v) is 6.02. The molecule has 0 saturated carbocycles. The minimum atomic E-state index is -0.236. The lowest BCUT2D eigenvalue weighted by Crippen LogP contribution is -2.29. The minimum Gasteiger partial charge on any atom is -0.376 e. The molecule has 1 unspecified atom stereocenters. The van der Waals surface area contributed by atoms with Crippen LogP contribution in [0.15, 0.2) is 18.2 Å². The van der Waals surface area contributed by atoms with Gasteiger partial charge in [-0.15, -0.1) is 0 Å². The van der Waals surface area contributed by atoms with Gasteiger partial charge >= 0.3 is 0 Å². The minimum absolute atomic E-state index is 0.236. The van der Waals surface area contributed by atoms with Gasteiger partial charge < -0.3 is 15.4 Å². The molecule has 0 radical (unpaired) electrons. The van der Waals surface area contributed by atoms with E-state index in [0.29, 0.717) is 6.54 Å². The van der Waals surface area contributed by atoms with E-state index in [4.69, 9.17) is 10.5 Å². The first-order chi connectivity index (χ1) is 8.20. The van der Waals surface area contributed by atoms with Crippen molar-refractivity contribution in [2.45, 2.75) is 25.5 Å². The standard InChI is InChI=1S/C13H19FN2O/c1-16(9-12-3-2-6-17-12)13-5-4-11(14)7-10(13)8-15/h4-5,7,12H,2-3,6,8-9,15H2,1H3. The average Bonchev–Trinajstić information content (AvgIpc) is 2.81. The summed E-state index contributed by atoms with van der Waals surface area (Å²) in [5, 5.41) is 0. The largest absolute Gasteiger partial charge is 0.376 e. The van der Waals surface area contributed by atoms with E-state index in [1.54, 1.807) is 6.07 Å². The number of hydrogen-bond donors (Lipinski definition) is 1. The van der Waals surface area contributed by atoms with E-state index in [0.717, 1.165) is 37.2 Å². The number of halogens is 1. The van der Waals surface area contributed by atoms with Crippen LogP contribution in [-0.2, 0) is 11.3 Å². The normalized spacial score (nSPS) is 19.6. The van der Waals surface area contributed by atoms with Gasteiger partial charge in [0.2, 0.25) is 0 Å². The highest BCUT2D eigenvalue weighted by Gasteiger charge is 2.18. The fraction of sp³-hybridized carbons (Fsp3) is 0.538. The molecule has 4 heteroatoms. The van der Waals surface area contributed by atoms with Gasteiger partial charge in [-0.3, -0.25) is 0 Å². The first kappa shape index (κ1) is 12.3. The fourth-order valence-corrected chi connectivity index (χ4v) is 2.28. The third kappa shape index (κ3) is 2.96. The second-order valence-electron chi connectivity index (χ2n) is 4.49. The molecule has 0 bridgehead atoms. The van der Waals surface area contributed by atoms with Crippen molar-refractivity contribution in [1.29, 1.82) is 0 Å².